The fourth-order valence-corrected chi connectivity index (χ4v) is 8.83. The second kappa shape index (κ2) is 10.0. The third kappa shape index (κ3) is 4.85. The van der Waals surface area contributed by atoms with Crippen LogP contribution in [0.4, 0.5) is 0 Å². The number of carbonyl (C=O) groups is 3. The third-order valence-electron chi connectivity index (χ3n) is 7.58. The number of ether oxygens (including phenoxy) is 3. The molecule has 9 nitrogen and oxygen atoms in total. The summed E-state index contributed by atoms with van der Waals surface area (Å²) in [4.78, 5) is 39.0. The van der Waals surface area contributed by atoms with E-state index in [0.29, 0.717) is 23.1 Å². The van der Waals surface area contributed by atoms with E-state index >= 15 is 0 Å². The monoisotopic (exact) mass is 766 g/mol. The number of benzene rings is 2. The van der Waals surface area contributed by atoms with Gasteiger partial charge in [0.2, 0.25) is 0 Å². The topological polar surface area (TPSA) is 133 Å². The average molecular weight is 766 g/mol. The molecule has 0 aromatic heterocycles. The molecule has 3 fully saturated rings. The van der Waals surface area contributed by atoms with E-state index in [4.69, 9.17) is 14.2 Å². The van der Waals surface area contributed by atoms with Gasteiger partial charge in [-0.05, 0) is 106 Å². The fourth-order valence-electron chi connectivity index (χ4n) is 5.97. The van der Waals surface area contributed by atoms with Gasteiger partial charge in [-0.1, -0.05) is 13.8 Å². The molecule has 1 saturated heterocycles. The molecule has 12 heteroatoms. The van der Waals surface area contributed by atoms with Crippen molar-refractivity contribution in [3.05, 3.63) is 54.2 Å². The SMILES string of the molecule is Cc1cc(S(=O)(=O)O)c(C(C)C)cc1OC(=O)C1C2CC3C(OC(=O)C31)C2OC(=O)c1cc(I)cc(I)c1. The summed E-state index contributed by atoms with van der Waals surface area (Å²) in [5.41, 5.74) is 1.01. The molecule has 2 aromatic rings. The first kappa shape index (κ1) is 27.8. The van der Waals surface area contributed by atoms with E-state index in [2.05, 4.69) is 45.2 Å². The Morgan fingerprint density at radius 2 is 1.74 bits per heavy atom. The first-order valence-electron chi connectivity index (χ1n) is 12.0. The zero-order valence-electron chi connectivity index (χ0n) is 20.5. The number of carbonyl (C=O) groups excluding carboxylic acids is 3. The van der Waals surface area contributed by atoms with Crippen LogP contribution in [0, 0.1) is 37.7 Å². The van der Waals surface area contributed by atoms with Gasteiger partial charge in [0.15, 0.2) is 0 Å². The van der Waals surface area contributed by atoms with Gasteiger partial charge < -0.3 is 14.2 Å². The maximum Gasteiger partial charge on any atom is 0.338 e. The van der Waals surface area contributed by atoms with Crippen LogP contribution in [-0.2, 0) is 29.2 Å². The summed E-state index contributed by atoms with van der Waals surface area (Å²) in [6, 6.07) is 8.03. The van der Waals surface area contributed by atoms with Gasteiger partial charge in [0.25, 0.3) is 10.1 Å². The van der Waals surface area contributed by atoms with Crippen LogP contribution in [0.25, 0.3) is 0 Å². The van der Waals surface area contributed by atoms with Gasteiger partial charge in [-0.2, -0.15) is 8.42 Å². The molecular weight excluding hydrogens is 742 g/mol. The Labute approximate surface area is 247 Å². The maximum atomic E-state index is 13.5. The maximum absolute atomic E-state index is 13.5. The molecule has 202 valence electrons. The number of hydrogen-bond donors (Lipinski definition) is 1. The first-order chi connectivity index (χ1) is 17.8. The number of aryl methyl sites for hydroxylation is 1. The zero-order valence-corrected chi connectivity index (χ0v) is 25.6. The second-order valence-electron chi connectivity index (χ2n) is 10.3. The standard InChI is InChI=1S/C26H24I2O9S/c1-10(2)15-9-18(11(3)4-19(15)38(32,33)34)35-25(30)20-16-8-17-21(20)26(31)37-23(17)22(16)36-24(29)12-5-13(27)7-14(28)6-12/h4-7,9-10,16-17,20-23H,8H2,1-3H3,(H,32,33,34). The molecule has 1 aliphatic heterocycles. The van der Waals surface area contributed by atoms with Crippen LogP contribution in [0.1, 0.15) is 47.7 Å². The van der Waals surface area contributed by atoms with E-state index < -0.39 is 58.0 Å². The Balaban J connectivity index is 1.42. The zero-order chi connectivity index (χ0) is 27.7. The van der Waals surface area contributed by atoms with Crippen LogP contribution in [0.2, 0.25) is 0 Å². The summed E-state index contributed by atoms with van der Waals surface area (Å²) < 4.78 is 52.3. The summed E-state index contributed by atoms with van der Waals surface area (Å²) in [6.07, 6.45) is -0.895. The number of fused-ring (bicyclic) bond motifs is 1. The minimum absolute atomic E-state index is 0.138. The largest absolute Gasteiger partial charge is 0.458 e. The van der Waals surface area contributed by atoms with Crippen LogP contribution >= 0.6 is 45.2 Å². The second-order valence-corrected chi connectivity index (χ2v) is 14.1. The minimum Gasteiger partial charge on any atom is -0.458 e. The predicted octanol–water partition coefficient (Wildman–Crippen LogP) is 4.51. The Morgan fingerprint density at radius 1 is 1.08 bits per heavy atom. The van der Waals surface area contributed by atoms with Gasteiger partial charge in [0.05, 0.1) is 22.3 Å². The Hall–Kier alpha value is -1.78. The average Bonchev–Trinajstić information content (AvgIpc) is 3.42. The highest BCUT2D eigenvalue weighted by Gasteiger charge is 2.70. The van der Waals surface area contributed by atoms with Crippen molar-refractivity contribution in [3.63, 3.8) is 0 Å². The molecular formula is C26H24I2O9S. The van der Waals surface area contributed by atoms with E-state index in [9.17, 15) is 27.4 Å². The third-order valence-corrected chi connectivity index (χ3v) is 9.73. The lowest BCUT2D eigenvalue weighted by atomic mass is 9.78. The van der Waals surface area contributed by atoms with E-state index in [1.54, 1.807) is 32.9 Å². The lowest BCUT2D eigenvalue weighted by molar-refractivity contribution is -0.149. The van der Waals surface area contributed by atoms with E-state index in [1.807, 2.05) is 6.07 Å². The molecule has 2 aliphatic carbocycles. The summed E-state index contributed by atoms with van der Waals surface area (Å²) in [7, 11) is -4.48. The summed E-state index contributed by atoms with van der Waals surface area (Å²) in [5, 5.41) is 0. The smallest absolute Gasteiger partial charge is 0.338 e. The van der Waals surface area contributed by atoms with E-state index in [-0.39, 0.29) is 22.5 Å². The molecule has 2 bridgehead atoms. The van der Waals surface area contributed by atoms with Crippen LogP contribution in [0.3, 0.4) is 0 Å². The summed E-state index contributed by atoms with van der Waals surface area (Å²) >= 11 is 4.23. The molecule has 1 N–H and O–H groups in total. The van der Waals surface area contributed by atoms with Crippen molar-refractivity contribution in [2.75, 3.05) is 0 Å². The Morgan fingerprint density at radius 3 is 2.34 bits per heavy atom. The van der Waals surface area contributed by atoms with Gasteiger partial charge in [-0.15, -0.1) is 0 Å². The highest BCUT2D eigenvalue weighted by atomic mass is 127. The summed E-state index contributed by atoms with van der Waals surface area (Å²) in [5.74, 6) is -4.14. The van der Waals surface area contributed by atoms with E-state index in [1.165, 1.54) is 12.1 Å². The molecule has 3 aliphatic rings. The molecule has 2 aromatic carbocycles. The van der Waals surface area contributed by atoms with E-state index in [0.717, 1.165) is 7.14 Å². The van der Waals surface area contributed by atoms with Crippen LogP contribution in [0.15, 0.2) is 35.2 Å². The van der Waals surface area contributed by atoms with Crippen LogP contribution in [-0.4, -0.2) is 43.1 Å². The van der Waals surface area contributed by atoms with Crippen molar-refractivity contribution in [2.24, 2.45) is 23.7 Å². The lowest BCUT2D eigenvalue weighted by Crippen LogP contribution is -2.44. The number of halogens is 2. The van der Waals surface area contributed by atoms with Gasteiger partial charge in [-0.25, -0.2) is 4.79 Å². The van der Waals surface area contributed by atoms with Crippen molar-refractivity contribution >= 4 is 73.2 Å². The van der Waals surface area contributed by atoms with Crippen LogP contribution < -0.4 is 4.74 Å². The fraction of sp³-hybridized carbons (Fsp3) is 0.423. The minimum atomic E-state index is -4.48. The molecule has 2 saturated carbocycles. The highest BCUT2D eigenvalue weighted by molar-refractivity contribution is 14.1. The quantitative estimate of drug-likeness (QED) is 0.195. The van der Waals surface area contributed by atoms with Crippen molar-refractivity contribution in [1.29, 1.82) is 0 Å². The molecule has 0 spiro atoms. The molecule has 1 heterocycles. The van der Waals surface area contributed by atoms with Gasteiger partial charge >= 0.3 is 17.9 Å². The molecule has 5 rings (SSSR count). The summed E-state index contributed by atoms with van der Waals surface area (Å²) in [6.45, 7) is 5.07. The predicted molar refractivity (Wildman–Crippen MR) is 150 cm³/mol. The van der Waals surface area contributed by atoms with Crippen molar-refractivity contribution in [1.82, 2.24) is 0 Å². The Bertz CT molecular complexity index is 1450. The van der Waals surface area contributed by atoms with Crippen molar-refractivity contribution in [2.45, 2.75) is 50.2 Å². The molecule has 0 amide bonds. The number of hydrogen-bond acceptors (Lipinski definition) is 8. The van der Waals surface area contributed by atoms with Crippen LogP contribution in [0.5, 0.6) is 5.75 Å². The molecule has 6 atom stereocenters. The van der Waals surface area contributed by atoms with Gasteiger partial charge in [-0.3, -0.25) is 14.1 Å². The van der Waals surface area contributed by atoms with Crippen molar-refractivity contribution in [3.8, 4) is 5.75 Å². The highest BCUT2D eigenvalue weighted by Crippen LogP contribution is 2.59. The number of rotatable bonds is 6. The Kier molecular flexibility index (Phi) is 7.31. The van der Waals surface area contributed by atoms with Gasteiger partial charge in [0.1, 0.15) is 18.0 Å². The van der Waals surface area contributed by atoms with Gasteiger partial charge in [0, 0.05) is 19.0 Å². The molecule has 38 heavy (non-hydrogen) atoms. The molecule has 0 radical (unpaired) electrons. The molecule has 6 unspecified atom stereocenters. The van der Waals surface area contributed by atoms with Crippen molar-refractivity contribution < 1.29 is 41.6 Å². The number of esters is 3. The lowest BCUT2D eigenvalue weighted by Gasteiger charge is -2.30. The normalized spacial score (nSPS) is 27.5. The first-order valence-corrected chi connectivity index (χ1v) is 15.6.